The molecule has 1 N–H and O–H groups in total. The highest BCUT2D eigenvalue weighted by molar-refractivity contribution is 5.85. The van der Waals surface area contributed by atoms with Gasteiger partial charge in [0.15, 0.2) is 23.3 Å². The molecule has 0 spiro atoms. The largest absolute Gasteiger partial charge is 0.390 e. The smallest absolute Gasteiger partial charge is 0.200 e. The van der Waals surface area contributed by atoms with Gasteiger partial charge in [0.05, 0.1) is 5.60 Å². The van der Waals surface area contributed by atoms with Crippen molar-refractivity contribution in [3.8, 4) is 0 Å². The monoisotopic (exact) mass is 281 g/mol. The Morgan fingerprint density at radius 1 is 0.947 bits per heavy atom. The summed E-state index contributed by atoms with van der Waals surface area (Å²) in [6.45, 7) is 4.16. The fourth-order valence-electron chi connectivity index (χ4n) is 1.55. The predicted molar refractivity (Wildman–Crippen MR) is 59.9 cm³/mol. The Balaban J connectivity index is 3.33. The van der Waals surface area contributed by atoms with Gasteiger partial charge in [-0.15, -0.1) is 0 Å². The van der Waals surface area contributed by atoms with E-state index in [9.17, 15) is 27.1 Å². The number of aliphatic imine (C=N–C) groups is 1. The second-order valence-corrected chi connectivity index (χ2v) is 4.75. The first-order chi connectivity index (χ1) is 8.54. The van der Waals surface area contributed by atoms with E-state index in [2.05, 4.69) is 4.99 Å². The summed E-state index contributed by atoms with van der Waals surface area (Å²) in [5.74, 6) is -10.3. The van der Waals surface area contributed by atoms with Gasteiger partial charge in [-0.05, 0) is 20.8 Å². The third kappa shape index (κ3) is 3.50. The van der Waals surface area contributed by atoms with Crippen molar-refractivity contribution in [1.29, 1.82) is 0 Å². The zero-order valence-electron chi connectivity index (χ0n) is 10.5. The van der Waals surface area contributed by atoms with E-state index in [1.807, 2.05) is 0 Å². The fraction of sp³-hybridized carbons (Fsp3) is 0.417. The molecule has 0 aliphatic rings. The van der Waals surface area contributed by atoms with Gasteiger partial charge in [0.2, 0.25) is 5.82 Å². The Bertz CT molecular complexity index is 505. The summed E-state index contributed by atoms with van der Waals surface area (Å²) in [4.78, 5) is 3.37. The van der Waals surface area contributed by atoms with Gasteiger partial charge in [-0.25, -0.2) is 22.0 Å². The molecule has 106 valence electrons. The van der Waals surface area contributed by atoms with Gasteiger partial charge in [0.25, 0.3) is 0 Å². The molecule has 0 amide bonds. The van der Waals surface area contributed by atoms with E-state index in [0.29, 0.717) is 0 Å². The van der Waals surface area contributed by atoms with Crippen molar-refractivity contribution >= 4 is 11.4 Å². The number of rotatable bonds is 3. The van der Waals surface area contributed by atoms with E-state index in [1.165, 1.54) is 20.8 Å². The van der Waals surface area contributed by atoms with Gasteiger partial charge in [-0.2, -0.15) is 0 Å². The predicted octanol–water partition coefficient (Wildman–Crippen LogP) is 3.64. The van der Waals surface area contributed by atoms with Gasteiger partial charge < -0.3 is 5.11 Å². The van der Waals surface area contributed by atoms with Gasteiger partial charge >= 0.3 is 0 Å². The molecule has 0 saturated carbocycles. The third-order valence-corrected chi connectivity index (χ3v) is 2.18. The molecule has 0 aliphatic carbocycles. The van der Waals surface area contributed by atoms with Crippen LogP contribution in [0.5, 0.6) is 0 Å². The molecule has 0 unspecified atom stereocenters. The van der Waals surface area contributed by atoms with Gasteiger partial charge in [0.1, 0.15) is 5.69 Å². The van der Waals surface area contributed by atoms with Crippen molar-refractivity contribution < 1.29 is 27.1 Å². The molecular formula is C12H12F5NO. The highest BCUT2D eigenvalue weighted by Crippen LogP contribution is 2.30. The molecule has 0 bridgehead atoms. The van der Waals surface area contributed by atoms with Crippen LogP contribution in [0.15, 0.2) is 4.99 Å². The molecule has 19 heavy (non-hydrogen) atoms. The van der Waals surface area contributed by atoms with E-state index in [0.717, 1.165) is 0 Å². The summed E-state index contributed by atoms with van der Waals surface area (Å²) in [5, 5.41) is 9.48. The minimum absolute atomic E-state index is 0.0377. The summed E-state index contributed by atoms with van der Waals surface area (Å²) >= 11 is 0. The molecule has 1 rings (SSSR count). The van der Waals surface area contributed by atoms with Crippen molar-refractivity contribution in [1.82, 2.24) is 0 Å². The Morgan fingerprint density at radius 3 is 1.68 bits per heavy atom. The summed E-state index contributed by atoms with van der Waals surface area (Å²) in [7, 11) is 0. The molecule has 1 aromatic rings. The molecule has 1 aromatic carbocycles. The molecule has 0 heterocycles. The second-order valence-electron chi connectivity index (χ2n) is 4.75. The third-order valence-electron chi connectivity index (χ3n) is 2.18. The Morgan fingerprint density at radius 2 is 1.32 bits per heavy atom. The minimum atomic E-state index is -2.23. The van der Waals surface area contributed by atoms with Crippen LogP contribution < -0.4 is 0 Å². The van der Waals surface area contributed by atoms with Crippen LogP contribution in [-0.2, 0) is 0 Å². The molecular weight excluding hydrogens is 269 g/mol. The molecule has 2 nitrogen and oxygen atoms in total. The first kappa shape index (κ1) is 15.6. The zero-order valence-corrected chi connectivity index (χ0v) is 10.5. The minimum Gasteiger partial charge on any atom is -0.390 e. The average molecular weight is 281 g/mol. The van der Waals surface area contributed by atoms with Crippen LogP contribution in [-0.4, -0.2) is 16.4 Å². The number of nitrogens with zero attached hydrogens (tertiary/aromatic N) is 1. The summed E-state index contributed by atoms with van der Waals surface area (Å²) in [6, 6.07) is 0. The van der Waals surface area contributed by atoms with E-state index in [-0.39, 0.29) is 12.1 Å². The molecule has 0 saturated heterocycles. The van der Waals surface area contributed by atoms with Crippen LogP contribution in [0.2, 0.25) is 0 Å². The lowest BCUT2D eigenvalue weighted by Crippen LogP contribution is -2.22. The number of halogens is 5. The molecule has 0 aromatic heterocycles. The standard InChI is InChI=1S/C12H12F5NO/c1-5(4-12(2,3)19)18-11-9(16)7(14)6(13)8(15)10(11)17/h19H,4H2,1-3H3. The van der Waals surface area contributed by atoms with Crippen molar-refractivity contribution in [3.05, 3.63) is 29.1 Å². The number of aliphatic hydroxyl groups is 1. The van der Waals surface area contributed by atoms with Gasteiger partial charge in [0, 0.05) is 12.1 Å². The lowest BCUT2D eigenvalue weighted by molar-refractivity contribution is 0.0885. The van der Waals surface area contributed by atoms with Gasteiger partial charge in [-0.3, -0.25) is 4.99 Å². The van der Waals surface area contributed by atoms with Crippen LogP contribution in [0.25, 0.3) is 0 Å². The lowest BCUT2D eigenvalue weighted by Gasteiger charge is -2.16. The van der Waals surface area contributed by atoms with E-state index in [4.69, 9.17) is 0 Å². The highest BCUT2D eigenvalue weighted by atomic mass is 19.2. The van der Waals surface area contributed by atoms with Crippen LogP contribution in [0, 0.1) is 29.1 Å². The average Bonchev–Trinajstić information content (AvgIpc) is 2.27. The van der Waals surface area contributed by atoms with E-state index in [1.54, 1.807) is 0 Å². The van der Waals surface area contributed by atoms with E-state index < -0.39 is 40.4 Å². The van der Waals surface area contributed by atoms with Crippen LogP contribution in [0.3, 0.4) is 0 Å². The molecule has 0 radical (unpaired) electrons. The summed E-state index contributed by atoms with van der Waals surface area (Å²) in [6.07, 6.45) is -0.0769. The Hall–Kier alpha value is -1.50. The Kier molecular flexibility index (Phi) is 4.29. The molecule has 7 heteroatoms. The molecule has 0 aliphatic heterocycles. The highest BCUT2D eigenvalue weighted by Gasteiger charge is 2.26. The van der Waals surface area contributed by atoms with Crippen LogP contribution >= 0.6 is 0 Å². The number of hydrogen-bond donors (Lipinski definition) is 1. The first-order valence-corrected chi connectivity index (χ1v) is 5.32. The van der Waals surface area contributed by atoms with Crippen LogP contribution in [0.1, 0.15) is 27.2 Å². The van der Waals surface area contributed by atoms with Gasteiger partial charge in [-0.1, -0.05) is 0 Å². The van der Waals surface area contributed by atoms with Crippen LogP contribution in [0.4, 0.5) is 27.6 Å². The lowest BCUT2D eigenvalue weighted by atomic mass is 10.0. The first-order valence-electron chi connectivity index (χ1n) is 5.32. The maximum atomic E-state index is 13.3. The maximum absolute atomic E-state index is 13.3. The summed E-state index contributed by atoms with van der Waals surface area (Å²) < 4.78 is 65.2. The normalized spacial score (nSPS) is 13.0. The maximum Gasteiger partial charge on any atom is 0.200 e. The van der Waals surface area contributed by atoms with E-state index >= 15 is 0 Å². The van der Waals surface area contributed by atoms with Crippen molar-refractivity contribution in [2.75, 3.05) is 0 Å². The van der Waals surface area contributed by atoms with Crippen molar-refractivity contribution in [2.24, 2.45) is 4.99 Å². The number of hydrogen-bond acceptors (Lipinski definition) is 2. The SMILES string of the molecule is CC(CC(C)(C)O)=Nc1c(F)c(F)c(F)c(F)c1F. The molecule has 0 fully saturated rings. The second kappa shape index (κ2) is 5.24. The zero-order chi connectivity index (χ0) is 15.0. The Labute approximate surface area is 106 Å². The topological polar surface area (TPSA) is 32.6 Å². The fourth-order valence-corrected chi connectivity index (χ4v) is 1.55. The molecule has 0 atom stereocenters. The quantitative estimate of drug-likeness (QED) is 0.390. The van der Waals surface area contributed by atoms with Crippen molar-refractivity contribution in [2.45, 2.75) is 32.8 Å². The van der Waals surface area contributed by atoms with Crippen molar-refractivity contribution in [3.63, 3.8) is 0 Å². The summed E-state index contributed by atoms with van der Waals surface area (Å²) in [5.41, 5.74) is -2.42. The number of benzene rings is 1.